The third-order valence-electron chi connectivity index (χ3n) is 6.06. The Labute approximate surface area is 193 Å². The zero-order valence-corrected chi connectivity index (χ0v) is 19.1. The van der Waals surface area contributed by atoms with Gasteiger partial charge in [-0.05, 0) is 37.2 Å². The van der Waals surface area contributed by atoms with Gasteiger partial charge < -0.3 is 15.4 Å². The molecule has 7 heteroatoms. The first-order valence-electron chi connectivity index (χ1n) is 11.3. The van der Waals surface area contributed by atoms with Gasteiger partial charge in [-0.1, -0.05) is 63.2 Å². The van der Waals surface area contributed by atoms with Crippen molar-refractivity contribution in [1.82, 2.24) is 15.2 Å². The number of hydrogen-bond acceptors (Lipinski definition) is 4. The monoisotopic (exact) mass is 444 g/mol. The van der Waals surface area contributed by atoms with Crippen LogP contribution in [0.2, 0.25) is 0 Å². The molecule has 2 aromatic carbocycles. The molecule has 1 atom stereocenters. The summed E-state index contributed by atoms with van der Waals surface area (Å²) in [5, 5.41) is 13.7. The second-order valence-electron chi connectivity index (χ2n) is 7.93. The molecule has 0 radical (unpaired) electrons. The van der Waals surface area contributed by atoms with Crippen molar-refractivity contribution in [3.05, 3.63) is 76.9 Å². The SMILES string of the molecule is CCC(NC(=O)c1ccc(C2=NC(=O)c3c(-c4ccccc4)[nH]c(O)c32)cc1)N(CC)CC. The molecule has 3 aromatic rings. The molecule has 3 N–H and O–H groups in total. The van der Waals surface area contributed by atoms with Gasteiger partial charge in [0.1, 0.15) is 0 Å². The van der Waals surface area contributed by atoms with Crippen LogP contribution in [0.5, 0.6) is 5.88 Å². The van der Waals surface area contributed by atoms with E-state index in [9.17, 15) is 14.7 Å². The lowest BCUT2D eigenvalue weighted by molar-refractivity contribution is 0.0854. The minimum Gasteiger partial charge on any atom is -0.494 e. The van der Waals surface area contributed by atoms with Crippen molar-refractivity contribution in [2.45, 2.75) is 33.4 Å². The molecule has 4 rings (SSSR count). The first kappa shape index (κ1) is 22.5. The number of fused-ring (bicyclic) bond motifs is 1. The van der Waals surface area contributed by atoms with Crippen molar-refractivity contribution >= 4 is 17.5 Å². The molecule has 1 unspecified atom stereocenters. The van der Waals surface area contributed by atoms with Gasteiger partial charge in [0.05, 0.1) is 28.7 Å². The predicted molar refractivity (Wildman–Crippen MR) is 129 cm³/mol. The summed E-state index contributed by atoms with van der Waals surface area (Å²) in [7, 11) is 0. The largest absolute Gasteiger partial charge is 0.494 e. The summed E-state index contributed by atoms with van der Waals surface area (Å²) in [6.45, 7) is 7.91. The molecule has 33 heavy (non-hydrogen) atoms. The first-order valence-corrected chi connectivity index (χ1v) is 11.3. The summed E-state index contributed by atoms with van der Waals surface area (Å²) in [5.74, 6) is -0.649. The van der Waals surface area contributed by atoms with Crippen LogP contribution in [0.15, 0.2) is 59.6 Å². The number of aromatic amines is 1. The molecule has 2 heterocycles. The number of aliphatic imine (C=N–C) groups is 1. The third kappa shape index (κ3) is 4.19. The van der Waals surface area contributed by atoms with Gasteiger partial charge >= 0.3 is 0 Å². The highest BCUT2D eigenvalue weighted by atomic mass is 16.3. The lowest BCUT2D eigenvalue weighted by Crippen LogP contribution is -2.47. The first-order chi connectivity index (χ1) is 16.0. The van der Waals surface area contributed by atoms with E-state index in [-0.39, 0.29) is 18.0 Å². The Morgan fingerprint density at radius 1 is 1.00 bits per heavy atom. The second kappa shape index (κ2) is 9.42. The van der Waals surface area contributed by atoms with E-state index >= 15 is 0 Å². The lowest BCUT2D eigenvalue weighted by Gasteiger charge is -2.29. The molecule has 170 valence electrons. The van der Waals surface area contributed by atoms with Gasteiger partial charge in [0.2, 0.25) is 0 Å². The van der Waals surface area contributed by atoms with E-state index in [1.54, 1.807) is 24.3 Å². The average Bonchev–Trinajstić information content (AvgIpc) is 3.37. The smallest absolute Gasteiger partial charge is 0.280 e. The molecule has 2 amide bonds. The van der Waals surface area contributed by atoms with Gasteiger partial charge in [-0.15, -0.1) is 0 Å². The van der Waals surface area contributed by atoms with E-state index in [2.05, 4.69) is 34.0 Å². The maximum absolute atomic E-state index is 12.8. The Morgan fingerprint density at radius 3 is 2.27 bits per heavy atom. The second-order valence-corrected chi connectivity index (χ2v) is 7.93. The molecule has 1 aliphatic rings. The number of rotatable bonds is 8. The summed E-state index contributed by atoms with van der Waals surface area (Å²) >= 11 is 0. The van der Waals surface area contributed by atoms with Gasteiger partial charge in [0, 0.05) is 11.1 Å². The molecule has 0 saturated carbocycles. The molecular weight excluding hydrogens is 416 g/mol. The van der Waals surface area contributed by atoms with Crippen LogP contribution in [0.3, 0.4) is 0 Å². The number of benzene rings is 2. The number of amides is 2. The number of H-pyrrole nitrogens is 1. The summed E-state index contributed by atoms with van der Waals surface area (Å²) in [6, 6.07) is 16.3. The van der Waals surface area contributed by atoms with E-state index in [0.29, 0.717) is 33.7 Å². The Morgan fingerprint density at radius 2 is 1.67 bits per heavy atom. The summed E-state index contributed by atoms with van der Waals surface area (Å²) in [4.78, 5) is 34.8. The number of hydrogen-bond donors (Lipinski definition) is 3. The van der Waals surface area contributed by atoms with E-state index in [1.165, 1.54) is 0 Å². The van der Waals surface area contributed by atoms with Gasteiger partial charge in [-0.3, -0.25) is 14.5 Å². The quantitative estimate of drug-likeness (QED) is 0.454. The van der Waals surface area contributed by atoms with Crippen LogP contribution >= 0.6 is 0 Å². The Kier molecular flexibility index (Phi) is 6.42. The predicted octanol–water partition coefficient (Wildman–Crippen LogP) is 4.19. The minimum absolute atomic E-state index is 0.0280. The van der Waals surface area contributed by atoms with E-state index in [0.717, 1.165) is 25.1 Å². The molecule has 0 bridgehead atoms. The van der Waals surface area contributed by atoms with E-state index in [1.807, 2.05) is 37.3 Å². The summed E-state index contributed by atoms with van der Waals surface area (Å²) in [5.41, 5.74) is 3.67. The van der Waals surface area contributed by atoms with Gasteiger partial charge in [-0.2, -0.15) is 0 Å². The third-order valence-corrected chi connectivity index (χ3v) is 6.06. The van der Waals surface area contributed by atoms with Crippen molar-refractivity contribution in [2.24, 2.45) is 4.99 Å². The van der Waals surface area contributed by atoms with Crippen LogP contribution in [0.25, 0.3) is 11.3 Å². The molecule has 1 aliphatic heterocycles. The van der Waals surface area contributed by atoms with Crippen LogP contribution in [0.4, 0.5) is 0 Å². The van der Waals surface area contributed by atoms with Gasteiger partial charge in [0.25, 0.3) is 11.8 Å². The van der Waals surface area contributed by atoms with E-state index < -0.39 is 5.91 Å². The number of carbonyl (C=O) groups is 2. The maximum Gasteiger partial charge on any atom is 0.280 e. The maximum atomic E-state index is 12.8. The molecule has 0 aliphatic carbocycles. The zero-order chi connectivity index (χ0) is 23.5. The molecule has 7 nitrogen and oxygen atoms in total. The number of carbonyl (C=O) groups excluding carboxylic acids is 2. The molecule has 1 aromatic heterocycles. The Balaban J connectivity index is 1.59. The molecule has 0 saturated heterocycles. The number of nitrogens with zero attached hydrogens (tertiary/aromatic N) is 2. The summed E-state index contributed by atoms with van der Waals surface area (Å²) in [6.07, 6.45) is 0.781. The van der Waals surface area contributed by atoms with Crippen LogP contribution in [0, 0.1) is 0 Å². The molecule has 0 spiro atoms. The standard InChI is InChI=1S/C26H28N4O3/c1-4-19(30(5-2)6-3)27-24(31)18-14-12-17(13-15-18)23-21-20(25(32)29-23)22(28-26(21)33)16-10-8-7-9-11-16/h7-15,19,28,33H,4-6H2,1-3H3,(H,27,31). The number of aromatic nitrogens is 1. The van der Waals surface area contributed by atoms with Crippen molar-refractivity contribution in [2.75, 3.05) is 13.1 Å². The lowest BCUT2D eigenvalue weighted by atomic mass is 9.99. The van der Waals surface area contributed by atoms with Gasteiger partial charge in [0.15, 0.2) is 5.88 Å². The number of nitrogens with one attached hydrogen (secondary N) is 2. The van der Waals surface area contributed by atoms with Crippen molar-refractivity contribution in [3.8, 4) is 17.1 Å². The highest BCUT2D eigenvalue weighted by Gasteiger charge is 2.33. The topological polar surface area (TPSA) is 97.8 Å². The van der Waals surface area contributed by atoms with Crippen molar-refractivity contribution in [3.63, 3.8) is 0 Å². The van der Waals surface area contributed by atoms with Crippen LogP contribution in [0.1, 0.15) is 59.0 Å². The Hall–Kier alpha value is -3.71. The normalized spacial score (nSPS) is 13.7. The van der Waals surface area contributed by atoms with Crippen molar-refractivity contribution in [1.29, 1.82) is 0 Å². The van der Waals surface area contributed by atoms with Crippen molar-refractivity contribution < 1.29 is 14.7 Å². The Bertz CT molecular complexity index is 1190. The molecule has 0 fully saturated rings. The van der Waals surface area contributed by atoms with Crippen LogP contribution in [-0.4, -0.2) is 51.8 Å². The minimum atomic E-state index is -0.401. The van der Waals surface area contributed by atoms with E-state index in [4.69, 9.17) is 0 Å². The molecular formula is C26H28N4O3. The fourth-order valence-electron chi connectivity index (χ4n) is 4.30. The fraction of sp³-hybridized carbons (Fsp3) is 0.269. The highest BCUT2D eigenvalue weighted by Crippen LogP contribution is 2.37. The highest BCUT2D eigenvalue weighted by molar-refractivity contribution is 6.30. The number of aromatic hydroxyl groups is 1. The van der Waals surface area contributed by atoms with Crippen LogP contribution < -0.4 is 5.32 Å². The zero-order valence-electron chi connectivity index (χ0n) is 19.1. The van der Waals surface area contributed by atoms with Crippen LogP contribution in [-0.2, 0) is 0 Å². The van der Waals surface area contributed by atoms with Gasteiger partial charge in [-0.25, -0.2) is 4.99 Å². The fourth-order valence-corrected chi connectivity index (χ4v) is 4.30. The summed E-state index contributed by atoms with van der Waals surface area (Å²) < 4.78 is 0. The average molecular weight is 445 g/mol.